The minimum Gasteiger partial charge on any atom is -0.492 e. The number of halogens is 1. The normalized spacial score (nSPS) is 11.1. The number of carbonyl (C=O) groups is 1. The molecule has 1 aromatic heterocycles. The first-order chi connectivity index (χ1) is 13.0. The zero-order chi connectivity index (χ0) is 19.4. The van der Waals surface area contributed by atoms with Gasteiger partial charge in [0.05, 0.1) is 16.9 Å². The summed E-state index contributed by atoms with van der Waals surface area (Å²) in [4.78, 5) is 21.2. The molecule has 5 nitrogen and oxygen atoms in total. The minimum atomic E-state index is -0.534. The van der Waals surface area contributed by atoms with E-state index >= 15 is 0 Å². The largest absolute Gasteiger partial charge is 0.492 e. The summed E-state index contributed by atoms with van der Waals surface area (Å²) in [6.07, 6.45) is 0. The quantitative estimate of drug-likeness (QED) is 0.614. The smallest absolute Gasteiger partial charge is 0.263 e. The maximum Gasteiger partial charge on any atom is 0.263 e. The lowest BCUT2D eigenvalue weighted by Crippen LogP contribution is -2.37. The Morgan fingerprint density at radius 2 is 1.93 bits per heavy atom. The fourth-order valence-corrected chi connectivity index (χ4v) is 3.67. The highest BCUT2D eigenvalue weighted by molar-refractivity contribution is 7.22. The van der Waals surface area contributed by atoms with E-state index in [1.54, 1.807) is 17.0 Å². The Bertz CT molecular complexity index is 942. The minimum absolute atomic E-state index is 0.0422. The van der Waals surface area contributed by atoms with E-state index < -0.39 is 11.7 Å². The molecule has 0 unspecified atom stereocenters. The average Bonchev–Trinajstić information content (AvgIpc) is 3.07. The van der Waals surface area contributed by atoms with Gasteiger partial charge >= 0.3 is 0 Å². The summed E-state index contributed by atoms with van der Waals surface area (Å²) in [7, 11) is 3.86. The Labute approximate surface area is 162 Å². The van der Waals surface area contributed by atoms with Gasteiger partial charge in [0.1, 0.15) is 17.1 Å². The lowest BCUT2D eigenvalue weighted by atomic mass is 10.2. The number of benzene rings is 2. The zero-order valence-corrected chi connectivity index (χ0v) is 16.4. The van der Waals surface area contributed by atoms with Crippen LogP contribution in [-0.2, 0) is 0 Å². The van der Waals surface area contributed by atoms with Gasteiger partial charge in [0.2, 0.25) is 0 Å². The number of para-hydroxylation sites is 1. The van der Waals surface area contributed by atoms with Gasteiger partial charge in [0.25, 0.3) is 5.91 Å². The Hall–Kier alpha value is -2.51. The third-order valence-corrected chi connectivity index (χ3v) is 5.07. The third kappa shape index (κ3) is 4.26. The number of ether oxygens (including phenoxy) is 1. The van der Waals surface area contributed by atoms with E-state index in [9.17, 15) is 9.18 Å². The number of anilines is 1. The van der Waals surface area contributed by atoms with Crippen LogP contribution in [0.3, 0.4) is 0 Å². The summed E-state index contributed by atoms with van der Waals surface area (Å²) in [5, 5.41) is 0.534. The topological polar surface area (TPSA) is 45.7 Å². The summed E-state index contributed by atoms with van der Waals surface area (Å²) in [6, 6.07) is 11.7. The van der Waals surface area contributed by atoms with Crippen molar-refractivity contribution in [3.63, 3.8) is 0 Å². The molecule has 7 heteroatoms. The summed E-state index contributed by atoms with van der Waals surface area (Å²) in [6.45, 7) is 3.49. The van der Waals surface area contributed by atoms with Crippen LogP contribution in [0.2, 0.25) is 0 Å². The van der Waals surface area contributed by atoms with Crippen LogP contribution in [0.4, 0.5) is 9.52 Å². The Kier molecular flexibility index (Phi) is 6.03. The number of carbonyl (C=O) groups excluding carboxylic acids is 1. The van der Waals surface area contributed by atoms with Crippen molar-refractivity contribution in [2.24, 2.45) is 0 Å². The molecule has 3 aromatic rings. The molecule has 0 aliphatic rings. The van der Waals surface area contributed by atoms with Crippen molar-refractivity contribution in [1.82, 2.24) is 9.88 Å². The molecule has 1 amide bonds. The first-order valence-electron chi connectivity index (χ1n) is 8.74. The number of thiazole rings is 1. The van der Waals surface area contributed by atoms with Gasteiger partial charge < -0.3 is 9.64 Å². The fourth-order valence-electron chi connectivity index (χ4n) is 2.66. The lowest BCUT2D eigenvalue weighted by Gasteiger charge is -2.22. The Morgan fingerprint density at radius 3 is 2.63 bits per heavy atom. The predicted molar refractivity (Wildman–Crippen MR) is 107 cm³/mol. The summed E-state index contributed by atoms with van der Waals surface area (Å²) in [5.74, 6) is -0.246. The van der Waals surface area contributed by atoms with Gasteiger partial charge in [-0.15, -0.1) is 0 Å². The highest BCUT2D eigenvalue weighted by Gasteiger charge is 2.24. The van der Waals surface area contributed by atoms with Crippen LogP contribution in [0, 0.1) is 5.82 Å². The number of hydrogen-bond donors (Lipinski definition) is 0. The number of rotatable bonds is 7. The van der Waals surface area contributed by atoms with Crippen LogP contribution in [0.5, 0.6) is 5.75 Å². The van der Waals surface area contributed by atoms with Gasteiger partial charge in [-0.05, 0) is 45.3 Å². The second-order valence-corrected chi connectivity index (χ2v) is 7.28. The molecule has 0 bridgehead atoms. The number of likely N-dealkylation sites (N-methyl/N-ethyl adjacent to an activating group) is 1. The number of hydrogen-bond acceptors (Lipinski definition) is 5. The Balaban J connectivity index is 2.03. The van der Waals surface area contributed by atoms with E-state index in [1.807, 2.05) is 44.1 Å². The summed E-state index contributed by atoms with van der Waals surface area (Å²) in [5.41, 5.74) is 0.760. The third-order valence-electron chi connectivity index (χ3n) is 4.02. The molecule has 0 aliphatic carbocycles. The monoisotopic (exact) mass is 387 g/mol. The van der Waals surface area contributed by atoms with Crippen molar-refractivity contribution in [3.8, 4) is 5.75 Å². The van der Waals surface area contributed by atoms with E-state index in [-0.39, 0.29) is 5.56 Å². The van der Waals surface area contributed by atoms with Crippen molar-refractivity contribution < 1.29 is 13.9 Å². The number of fused-ring (bicyclic) bond motifs is 1. The highest BCUT2D eigenvalue weighted by atomic mass is 32.1. The van der Waals surface area contributed by atoms with E-state index in [4.69, 9.17) is 4.74 Å². The average molecular weight is 387 g/mol. The molecular formula is C20H22FN3O2S. The standard InChI is InChI=1S/C20H22FN3O2S/c1-4-26-16-10-7-11-17-18(16)22-20(27-17)24(13-12-23(2)3)19(25)14-8-5-6-9-15(14)21/h5-11H,4,12-13H2,1-3H3. The Morgan fingerprint density at radius 1 is 1.15 bits per heavy atom. The maximum absolute atomic E-state index is 14.2. The van der Waals surface area contributed by atoms with E-state index in [0.29, 0.717) is 30.6 Å². The molecule has 0 aliphatic heterocycles. The van der Waals surface area contributed by atoms with Crippen molar-refractivity contribution in [1.29, 1.82) is 0 Å². The summed E-state index contributed by atoms with van der Waals surface area (Å²) >= 11 is 1.40. The van der Waals surface area contributed by atoms with E-state index in [0.717, 1.165) is 10.2 Å². The lowest BCUT2D eigenvalue weighted by molar-refractivity contribution is 0.0981. The molecule has 27 heavy (non-hydrogen) atoms. The molecule has 0 saturated heterocycles. The zero-order valence-electron chi connectivity index (χ0n) is 15.6. The first-order valence-corrected chi connectivity index (χ1v) is 9.56. The number of amides is 1. The van der Waals surface area contributed by atoms with Gasteiger partial charge in [0, 0.05) is 13.1 Å². The fraction of sp³-hybridized carbons (Fsp3) is 0.300. The number of nitrogens with zero attached hydrogens (tertiary/aromatic N) is 3. The van der Waals surface area contributed by atoms with Gasteiger partial charge in [0.15, 0.2) is 5.13 Å². The van der Waals surface area contributed by atoms with Gasteiger partial charge in [-0.1, -0.05) is 29.5 Å². The van der Waals surface area contributed by atoms with Crippen molar-refractivity contribution in [3.05, 3.63) is 53.8 Å². The molecule has 142 valence electrons. The first kappa shape index (κ1) is 19.3. The molecule has 0 atom stereocenters. The molecule has 0 fully saturated rings. The molecule has 2 aromatic carbocycles. The van der Waals surface area contributed by atoms with Crippen molar-refractivity contribution in [2.75, 3.05) is 38.7 Å². The molecule has 3 rings (SSSR count). The van der Waals surface area contributed by atoms with Crippen LogP contribution >= 0.6 is 11.3 Å². The van der Waals surface area contributed by atoms with E-state index in [2.05, 4.69) is 4.98 Å². The van der Waals surface area contributed by atoms with Crippen LogP contribution < -0.4 is 9.64 Å². The second-order valence-electron chi connectivity index (χ2n) is 6.27. The molecule has 0 N–H and O–H groups in total. The SMILES string of the molecule is CCOc1cccc2sc(N(CCN(C)C)C(=O)c3ccccc3F)nc12. The summed E-state index contributed by atoms with van der Waals surface area (Å²) < 4.78 is 20.8. The van der Waals surface area contributed by atoms with Crippen molar-refractivity contribution >= 4 is 32.6 Å². The predicted octanol–water partition coefficient (Wildman–Crippen LogP) is 4.04. The van der Waals surface area contributed by atoms with Gasteiger partial charge in [-0.3, -0.25) is 9.69 Å². The van der Waals surface area contributed by atoms with E-state index in [1.165, 1.54) is 23.5 Å². The number of aromatic nitrogens is 1. The molecule has 0 radical (unpaired) electrons. The molecular weight excluding hydrogens is 365 g/mol. The van der Waals surface area contributed by atoms with Gasteiger partial charge in [-0.2, -0.15) is 0 Å². The van der Waals surface area contributed by atoms with Gasteiger partial charge in [-0.25, -0.2) is 9.37 Å². The van der Waals surface area contributed by atoms with Crippen LogP contribution in [0.1, 0.15) is 17.3 Å². The van der Waals surface area contributed by atoms with Crippen LogP contribution in [0.25, 0.3) is 10.2 Å². The molecule has 0 spiro atoms. The van der Waals surface area contributed by atoms with Crippen LogP contribution in [-0.4, -0.2) is 49.6 Å². The highest BCUT2D eigenvalue weighted by Crippen LogP contribution is 2.34. The van der Waals surface area contributed by atoms with Crippen molar-refractivity contribution in [2.45, 2.75) is 6.92 Å². The maximum atomic E-state index is 14.2. The van der Waals surface area contributed by atoms with Crippen LogP contribution in [0.15, 0.2) is 42.5 Å². The second kappa shape index (κ2) is 8.45. The molecule has 0 saturated carbocycles. The molecule has 1 heterocycles.